The zero-order valence-corrected chi connectivity index (χ0v) is 15.3. The van der Waals surface area contributed by atoms with E-state index in [2.05, 4.69) is 5.32 Å². The number of aromatic nitrogens is 1. The highest BCUT2D eigenvalue weighted by Gasteiger charge is 2.15. The summed E-state index contributed by atoms with van der Waals surface area (Å²) in [6.45, 7) is 3.71. The van der Waals surface area contributed by atoms with Gasteiger partial charge in [-0.1, -0.05) is 12.1 Å². The Morgan fingerprint density at radius 1 is 1.11 bits per heavy atom. The van der Waals surface area contributed by atoms with Crippen LogP contribution in [0.5, 0.6) is 0 Å². The first-order valence-electron chi connectivity index (χ1n) is 8.53. The van der Waals surface area contributed by atoms with Crippen molar-refractivity contribution in [3.05, 3.63) is 88.8 Å². The number of hydrogen-bond donors (Lipinski definition) is 1. The Hall–Kier alpha value is -3.72. The van der Waals surface area contributed by atoms with E-state index >= 15 is 0 Å². The molecule has 0 saturated carbocycles. The highest BCUT2D eigenvalue weighted by molar-refractivity contribution is 6.09. The summed E-state index contributed by atoms with van der Waals surface area (Å²) in [4.78, 5) is 12.4. The molecule has 28 heavy (non-hydrogen) atoms. The van der Waals surface area contributed by atoms with E-state index < -0.39 is 11.7 Å². The van der Waals surface area contributed by atoms with Gasteiger partial charge in [-0.2, -0.15) is 5.26 Å². The van der Waals surface area contributed by atoms with Crippen molar-refractivity contribution in [2.75, 3.05) is 5.32 Å². The van der Waals surface area contributed by atoms with Gasteiger partial charge in [0.2, 0.25) is 0 Å². The van der Waals surface area contributed by atoms with E-state index in [0.717, 1.165) is 17.1 Å². The number of carbonyl (C=O) groups is 1. The Kier molecular flexibility index (Phi) is 5.37. The lowest BCUT2D eigenvalue weighted by Gasteiger charge is -2.09. The number of amides is 1. The molecule has 4 nitrogen and oxygen atoms in total. The van der Waals surface area contributed by atoms with Crippen LogP contribution in [-0.2, 0) is 4.79 Å². The van der Waals surface area contributed by atoms with Gasteiger partial charge in [-0.25, -0.2) is 8.78 Å². The molecule has 1 heterocycles. The Morgan fingerprint density at radius 3 is 2.43 bits per heavy atom. The molecule has 0 atom stereocenters. The van der Waals surface area contributed by atoms with Crippen LogP contribution in [0.15, 0.2) is 60.2 Å². The summed E-state index contributed by atoms with van der Waals surface area (Å²) in [5, 5.41) is 11.8. The number of aryl methyl sites for hydroxylation is 1. The van der Waals surface area contributed by atoms with Gasteiger partial charge in [-0.05, 0) is 68.0 Å². The largest absolute Gasteiger partial charge is 0.319 e. The van der Waals surface area contributed by atoms with E-state index in [1.807, 2.05) is 30.6 Å². The Balaban J connectivity index is 1.94. The van der Waals surface area contributed by atoms with Crippen LogP contribution in [0.1, 0.15) is 17.0 Å². The third-order valence-electron chi connectivity index (χ3n) is 4.34. The fourth-order valence-electron chi connectivity index (χ4n) is 2.98. The van der Waals surface area contributed by atoms with Gasteiger partial charge in [0.1, 0.15) is 23.3 Å². The van der Waals surface area contributed by atoms with E-state index in [1.54, 1.807) is 18.2 Å². The second-order valence-electron chi connectivity index (χ2n) is 6.24. The molecule has 0 aliphatic heterocycles. The second-order valence-corrected chi connectivity index (χ2v) is 6.24. The smallest absolute Gasteiger partial charge is 0.266 e. The highest BCUT2D eigenvalue weighted by atomic mass is 19.1. The predicted molar refractivity (Wildman–Crippen MR) is 104 cm³/mol. The lowest BCUT2D eigenvalue weighted by molar-refractivity contribution is -0.112. The normalized spacial score (nSPS) is 11.2. The first-order chi connectivity index (χ1) is 13.4. The highest BCUT2D eigenvalue weighted by Crippen LogP contribution is 2.23. The molecule has 1 N–H and O–H groups in total. The van der Waals surface area contributed by atoms with Gasteiger partial charge in [0, 0.05) is 17.1 Å². The number of hydrogen-bond acceptors (Lipinski definition) is 2. The average Bonchev–Trinajstić information content (AvgIpc) is 2.95. The minimum absolute atomic E-state index is 0.00503. The SMILES string of the molecule is Cc1cc(/C=C(\C#N)C(=O)Nc2ccccc2F)c(C)n1-c1ccc(F)cc1. The average molecular weight is 377 g/mol. The van der Waals surface area contributed by atoms with Gasteiger partial charge in [-0.3, -0.25) is 4.79 Å². The zero-order valence-electron chi connectivity index (χ0n) is 15.3. The number of carbonyl (C=O) groups excluding carboxylic acids is 1. The number of nitriles is 1. The molecule has 140 valence electrons. The molecule has 6 heteroatoms. The molecule has 0 unspecified atom stereocenters. The Bertz CT molecular complexity index is 1110. The van der Waals surface area contributed by atoms with E-state index in [-0.39, 0.29) is 17.1 Å². The van der Waals surface area contributed by atoms with Gasteiger partial charge in [-0.15, -0.1) is 0 Å². The standard InChI is InChI=1S/C22H17F2N3O/c1-14-11-16(15(2)27(14)19-9-7-18(23)8-10-19)12-17(13-25)22(28)26-21-6-4-3-5-20(21)24/h3-12H,1-2H3,(H,26,28)/b17-12+. The number of anilines is 1. The number of benzene rings is 2. The molecule has 0 bridgehead atoms. The number of halogens is 2. The van der Waals surface area contributed by atoms with Crippen LogP contribution in [0, 0.1) is 36.8 Å². The molecule has 1 aromatic heterocycles. The van der Waals surface area contributed by atoms with Gasteiger partial charge < -0.3 is 9.88 Å². The van der Waals surface area contributed by atoms with Crippen molar-refractivity contribution >= 4 is 17.7 Å². The molecule has 3 rings (SSSR count). The third kappa shape index (κ3) is 3.84. The van der Waals surface area contributed by atoms with E-state index in [1.165, 1.54) is 36.4 Å². The summed E-state index contributed by atoms with van der Waals surface area (Å²) >= 11 is 0. The molecule has 0 radical (unpaired) electrons. The quantitative estimate of drug-likeness (QED) is 0.518. The van der Waals surface area contributed by atoms with Crippen molar-refractivity contribution in [1.82, 2.24) is 4.57 Å². The van der Waals surface area contributed by atoms with Crippen LogP contribution < -0.4 is 5.32 Å². The van der Waals surface area contributed by atoms with E-state index in [0.29, 0.717) is 5.56 Å². The number of nitrogens with one attached hydrogen (secondary N) is 1. The van der Waals surface area contributed by atoms with Crippen molar-refractivity contribution in [2.45, 2.75) is 13.8 Å². The maximum atomic E-state index is 13.7. The number of rotatable bonds is 4. The maximum absolute atomic E-state index is 13.7. The molecule has 2 aromatic carbocycles. The van der Waals surface area contributed by atoms with E-state index in [4.69, 9.17) is 0 Å². The minimum atomic E-state index is -0.695. The minimum Gasteiger partial charge on any atom is -0.319 e. The van der Waals surface area contributed by atoms with Crippen molar-refractivity contribution in [3.63, 3.8) is 0 Å². The molecular weight excluding hydrogens is 360 g/mol. The predicted octanol–water partition coefficient (Wildman–Crippen LogP) is 4.92. The first-order valence-corrected chi connectivity index (χ1v) is 8.53. The summed E-state index contributed by atoms with van der Waals surface area (Å²) in [6.07, 6.45) is 1.46. The summed E-state index contributed by atoms with van der Waals surface area (Å²) in [6, 6.07) is 15.5. The lowest BCUT2D eigenvalue weighted by Crippen LogP contribution is -2.14. The summed E-state index contributed by atoms with van der Waals surface area (Å²) in [5.74, 6) is -1.61. The van der Waals surface area contributed by atoms with Crippen LogP contribution in [0.3, 0.4) is 0 Å². The molecule has 0 spiro atoms. The van der Waals surface area contributed by atoms with Crippen molar-refractivity contribution in [1.29, 1.82) is 5.26 Å². The van der Waals surface area contributed by atoms with Crippen LogP contribution >= 0.6 is 0 Å². The molecular formula is C22H17F2N3O. The molecule has 0 aliphatic carbocycles. The van der Waals surface area contributed by atoms with Crippen LogP contribution in [-0.4, -0.2) is 10.5 Å². The maximum Gasteiger partial charge on any atom is 0.266 e. The number of nitrogens with zero attached hydrogens (tertiary/aromatic N) is 2. The topological polar surface area (TPSA) is 57.8 Å². The summed E-state index contributed by atoms with van der Waals surface area (Å²) in [5.41, 5.74) is 2.94. The molecule has 0 aliphatic rings. The zero-order chi connectivity index (χ0) is 20.3. The molecule has 1 amide bonds. The summed E-state index contributed by atoms with van der Waals surface area (Å²) in [7, 11) is 0. The fraction of sp³-hybridized carbons (Fsp3) is 0.0909. The van der Waals surface area contributed by atoms with Crippen LogP contribution in [0.2, 0.25) is 0 Å². The van der Waals surface area contributed by atoms with Gasteiger partial charge >= 0.3 is 0 Å². The van der Waals surface area contributed by atoms with Gasteiger partial charge in [0.25, 0.3) is 5.91 Å². The molecule has 0 saturated heterocycles. The Morgan fingerprint density at radius 2 is 1.79 bits per heavy atom. The molecule has 0 fully saturated rings. The van der Waals surface area contributed by atoms with Crippen LogP contribution in [0.25, 0.3) is 11.8 Å². The van der Waals surface area contributed by atoms with Gasteiger partial charge in [0.05, 0.1) is 5.69 Å². The van der Waals surface area contributed by atoms with Crippen molar-refractivity contribution in [3.8, 4) is 11.8 Å². The van der Waals surface area contributed by atoms with Crippen LogP contribution in [0.4, 0.5) is 14.5 Å². The lowest BCUT2D eigenvalue weighted by atomic mass is 10.1. The second kappa shape index (κ2) is 7.89. The monoisotopic (exact) mass is 377 g/mol. The number of para-hydroxylation sites is 1. The third-order valence-corrected chi connectivity index (χ3v) is 4.34. The fourth-order valence-corrected chi connectivity index (χ4v) is 2.98. The Labute approximate surface area is 161 Å². The van der Waals surface area contributed by atoms with Crippen molar-refractivity contribution in [2.24, 2.45) is 0 Å². The first kappa shape index (κ1) is 19.1. The van der Waals surface area contributed by atoms with E-state index in [9.17, 15) is 18.8 Å². The molecule has 3 aromatic rings. The van der Waals surface area contributed by atoms with Gasteiger partial charge in [0.15, 0.2) is 0 Å². The summed E-state index contributed by atoms with van der Waals surface area (Å²) < 4.78 is 28.8. The van der Waals surface area contributed by atoms with Crippen molar-refractivity contribution < 1.29 is 13.6 Å².